The van der Waals surface area contributed by atoms with Gasteiger partial charge in [-0.25, -0.2) is 8.42 Å². The Kier molecular flexibility index (Phi) is 6.78. The topological polar surface area (TPSA) is 84.9 Å². The van der Waals surface area contributed by atoms with Crippen molar-refractivity contribution < 1.29 is 22.7 Å². The standard InChI is InChI=1S/C23H24N2O5S2/c1-2-25(16-19-7-4-13-31-19)32(27,28)20-8-3-6-17(14-20)23(26)24-18-9-10-21-22(15-18)30-12-5-11-29-21/h3-4,6-10,13-15H,2,5,11-12,16H2,1H3,(H,24,26). The molecule has 0 bridgehead atoms. The van der Waals surface area contributed by atoms with Crippen LogP contribution in [0.4, 0.5) is 5.69 Å². The molecule has 4 rings (SSSR count). The number of benzene rings is 2. The van der Waals surface area contributed by atoms with Gasteiger partial charge in [0.1, 0.15) is 0 Å². The predicted octanol–water partition coefficient (Wildman–Crippen LogP) is 4.37. The molecular formula is C23H24N2O5S2. The van der Waals surface area contributed by atoms with Crippen LogP contribution in [0.15, 0.2) is 64.9 Å². The van der Waals surface area contributed by atoms with Gasteiger partial charge >= 0.3 is 0 Å². The van der Waals surface area contributed by atoms with Gasteiger partial charge in [-0.3, -0.25) is 4.79 Å². The number of hydrogen-bond donors (Lipinski definition) is 1. The first-order chi connectivity index (χ1) is 15.5. The summed E-state index contributed by atoms with van der Waals surface area (Å²) in [7, 11) is -3.75. The van der Waals surface area contributed by atoms with Gasteiger partial charge < -0.3 is 14.8 Å². The fraction of sp³-hybridized carbons (Fsp3) is 0.261. The molecule has 2 aromatic carbocycles. The van der Waals surface area contributed by atoms with Crippen molar-refractivity contribution in [2.24, 2.45) is 0 Å². The minimum atomic E-state index is -3.75. The van der Waals surface area contributed by atoms with Gasteiger partial charge in [-0.2, -0.15) is 4.31 Å². The number of thiophene rings is 1. The van der Waals surface area contributed by atoms with E-state index < -0.39 is 15.9 Å². The molecule has 3 aromatic rings. The number of sulfonamides is 1. The molecule has 0 atom stereocenters. The average molecular weight is 473 g/mol. The third kappa shape index (κ3) is 4.95. The number of carbonyl (C=O) groups excluding carboxylic acids is 1. The van der Waals surface area contributed by atoms with E-state index in [1.165, 1.54) is 27.8 Å². The molecule has 32 heavy (non-hydrogen) atoms. The zero-order valence-corrected chi connectivity index (χ0v) is 19.2. The summed E-state index contributed by atoms with van der Waals surface area (Å²) in [5, 5.41) is 4.72. The molecule has 0 saturated heterocycles. The SMILES string of the molecule is CCN(Cc1cccs1)S(=O)(=O)c1cccc(C(=O)Nc2ccc3c(c2)OCCCO3)c1. The van der Waals surface area contributed by atoms with Crippen molar-refractivity contribution in [2.45, 2.75) is 24.8 Å². The number of amides is 1. The van der Waals surface area contributed by atoms with E-state index in [0.29, 0.717) is 43.5 Å². The number of carbonyl (C=O) groups is 1. The second kappa shape index (κ2) is 9.72. The molecule has 1 N–H and O–H groups in total. The van der Waals surface area contributed by atoms with Gasteiger partial charge in [0.05, 0.1) is 18.1 Å². The number of nitrogens with zero attached hydrogens (tertiary/aromatic N) is 1. The van der Waals surface area contributed by atoms with Crippen LogP contribution in [0.3, 0.4) is 0 Å². The highest BCUT2D eigenvalue weighted by Gasteiger charge is 2.24. The van der Waals surface area contributed by atoms with Crippen LogP contribution in [0.2, 0.25) is 0 Å². The summed E-state index contributed by atoms with van der Waals surface area (Å²) in [6.07, 6.45) is 0.791. The van der Waals surface area contributed by atoms with Gasteiger partial charge in [-0.15, -0.1) is 11.3 Å². The number of fused-ring (bicyclic) bond motifs is 1. The lowest BCUT2D eigenvalue weighted by Crippen LogP contribution is -2.30. The second-order valence-electron chi connectivity index (χ2n) is 7.20. The Morgan fingerprint density at radius 3 is 2.62 bits per heavy atom. The minimum absolute atomic E-state index is 0.0854. The van der Waals surface area contributed by atoms with Crippen LogP contribution in [-0.4, -0.2) is 38.4 Å². The molecule has 0 unspecified atom stereocenters. The first kappa shape index (κ1) is 22.3. The fourth-order valence-electron chi connectivity index (χ4n) is 3.33. The molecular weight excluding hydrogens is 448 g/mol. The Labute approximate surface area is 191 Å². The number of hydrogen-bond acceptors (Lipinski definition) is 6. The smallest absolute Gasteiger partial charge is 0.255 e. The van der Waals surface area contributed by atoms with Crippen molar-refractivity contribution in [3.05, 3.63) is 70.4 Å². The van der Waals surface area contributed by atoms with E-state index in [2.05, 4.69) is 5.32 Å². The molecule has 2 heterocycles. The molecule has 0 radical (unpaired) electrons. The van der Waals surface area contributed by atoms with Crippen LogP contribution in [-0.2, 0) is 16.6 Å². The summed E-state index contributed by atoms with van der Waals surface area (Å²) in [6.45, 7) is 3.55. The van der Waals surface area contributed by atoms with Crippen LogP contribution < -0.4 is 14.8 Å². The Morgan fingerprint density at radius 2 is 1.88 bits per heavy atom. The van der Waals surface area contributed by atoms with Crippen molar-refractivity contribution in [2.75, 3.05) is 25.1 Å². The molecule has 7 nitrogen and oxygen atoms in total. The Bertz CT molecular complexity index is 1190. The largest absolute Gasteiger partial charge is 0.490 e. The maximum absolute atomic E-state index is 13.2. The minimum Gasteiger partial charge on any atom is -0.490 e. The van der Waals surface area contributed by atoms with Crippen LogP contribution in [0.5, 0.6) is 11.5 Å². The highest BCUT2D eigenvalue weighted by Crippen LogP contribution is 2.32. The number of rotatable bonds is 7. The number of nitrogens with one attached hydrogen (secondary N) is 1. The zero-order valence-electron chi connectivity index (χ0n) is 17.6. The summed E-state index contributed by atoms with van der Waals surface area (Å²) in [6, 6.07) is 15.1. The van der Waals surface area contributed by atoms with Crippen LogP contribution in [0.25, 0.3) is 0 Å². The third-order valence-corrected chi connectivity index (χ3v) is 7.78. The molecule has 0 fully saturated rings. The molecule has 1 aromatic heterocycles. The monoisotopic (exact) mass is 472 g/mol. The van der Waals surface area contributed by atoms with Crippen molar-refractivity contribution in [3.63, 3.8) is 0 Å². The summed E-state index contributed by atoms with van der Waals surface area (Å²) < 4.78 is 39.0. The fourth-order valence-corrected chi connectivity index (χ4v) is 5.61. The average Bonchev–Trinajstić information content (AvgIpc) is 3.21. The van der Waals surface area contributed by atoms with Gasteiger partial charge in [0, 0.05) is 41.7 Å². The van der Waals surface area contributed by atoms with E-state index >= 15 is 0 Å². The molecule has 0 saturated carbocycles. The van der Waals surface area contributed by atoms with E-state index in [0.717, 1.165) is 11.3 Å². The Hall–Kier alpha value is -2.88. The summed E-state index contributed by atoms with van der Waals surface area (Å²) in [5.74, 6) is 0.806. The Balaban J connectivity index is 1.53. The van der Waals surface area contributed by atoms with E-state index in [1.54, 1.807) is 37.3 Å². The van der Waals surface area contributed by atoms with Gasteiger partial charge in [-0.05, 0) is 41.8 Å². The van der Waals surface area contributed by atoms with E-state index in [4.69, 9.17) is 9.47 Å². The Morgan fingerprint density at radius 1 is 1.06 bits per heavy atom. The molecule has 0 spiro atoms. The first-order valence-corrected chi connectivity index (χ1v) is 12.6. The maximum Gasteiger partial charge on any atom is 0.255 e. The van der Waals surface area contributed by atoms with E-state index in [-0.39, 0.29) is 10.5 Å². The van der Waals surface area contributed by atoms with Crippen molar-refractivity contribution in [1.29, 1.82) is 0 Å². The van der Waals surface area contributed by atoms with Crippen LogP contribution in [0, 0.1) is 0 Å². The number of anilines is 1. The van der Waals surface area contributed by atoms with Crippen molar-refractivity contribution in [1.82, 2.24) is 4.31 Å². The summed E-state index contributed by atoms with van der Waals surface area (Å²) in [4.78, 5) is 13.9. The highest BCUT2D eigenvalue weighted by atomic mass is 32.2. The quantitative estimate of drug-likeness (QED) is 0.552. The first-order valence-electron chi connectivity index (χ1n) is 10.3. The number of ether oxygens (including phenoxy) is 2. The molecule has 168 valence electrons. The molecule has 9 heteroatoms. The van der Waals surface area contributed by atoms with E-state index in [1.807, 2.05) is 17.5 Å². The van der Waals surface area contributed by atoms with Gasteiger partial charge in [0.2, 0.25) is 10.0 Å². The lowest BCUT2D eigenvalue weighted by molar-refractivity contribution is 0.102. The summed E-state index contributed by atoms with van der Waals surface area (Å²) >= 11 is 1.51. The van der Waals surface area contributed by atoms with Gasteiger partial charge in [-0.1, -0.05) is 19.1 Å². The third-order valence-electron chi connectivity index (χ3n) is 5.00. The van der Waals surface area contributed by atoms with Gasteiger partial charge in [0.15, 0.2) is 11.5 Å². The lowest BCUT2D eigenvalue weighted by Gasteiger charge is -2.20. The zero-order chi connectivity index (χ0) is 22.6. The van der Waals surface area contributed by atoms with Gasteiger partial charge in [0.25, 0.3) is 5.91 Å². The van der Waals surface area contributed by atoms with Crippen molar-refractivity contribution >= 4 is 33.0 Å². The molecule has 1 aliphatic rings. The second-order valence-corrected chi connectivity index (χ2v) is 10.2. The summed E-state index contributed by atoms with van der Waals surface area (Å²) in [5.41, 5.74) is 0.797. The molecule has 0 aliphatic carbocycles. The molecule has 1 aliphatic heterocycles. The normalized spacial score (nSPS) is 13.6. The van der Waals surface area contributed by atoms with Crippen LogP contribution in [0.1, 0.15) is 28.6 Å². The maximum atomic E-state index is 13.2. The highest BCUT2D eigenvalue weighted by molar-refractivity contribution is 7.89. The van der Waals surface area contributed by atoms with E-state index in [9.17, 15) is 13.2 Å². The van der Waals surface area contributed by atoms with Crippen molar-refractivity contribution in [3.8, 4) is 11.5 Å². The van der Waals surface area contributed by atoms with Crippen LogP contribution >= 0.6 is 11.3 Å². The lowest BCUT2D eigenvalue weighted by atomic mass is 10.2. The molecule has 1 amide bonds. The predicted molar refractivity (Wildman–Crippen MR) is 124 cm³/mol.